The maximum absolute atomic E-state index is 3.59. The van der Waals surface area contributed by atoms with Crippen LogP contribution >= 0.6 is 11.3 Å². The van der Waals surface area contributed by atoms with Crippen molar-refractivity contribution >= 4 is 17.4 Å². The van der Waals surface area contributed by atoms with Gasteiger partial charge in [0.15, 0.2) is 0 Å². The molecule has 1 radical (unpaired) electrons. The summed E-state index contributed by atoms with van der Waals surface area (Å²) in [7, 11) is 0. The van der Waals surface area contributed by atoms with Crippen LogP contribution in [-0.4, -0.2) is 0 Å². The first-order chi connectivity index (χ1) is 3.43. The molecule has 0 nitrogen and oxygen atoms in total. The van der Waals surface area contributed by atoms with E-state index in [1.54, 1.807) is 11.3 Å². The number of thiophene rings is 1. The minimum atomic E-state index is 1.16. The van der Waals surface area contributed by atoms with E-state index in [-0.39, 0.29) is 0 Å². The Hall–Kier alpha value is -0.560. The van der Waals surface area contributed by atoms with E-state index in [1.807, 2.05) is 17.5 Å². The van der Waals surface area contributed by atoms with Crippen LogP contribution in [0.5, 0.6) is 0 Å². The molecule has 0 fully saturated rings. The highest BCUT2D eigenvalue weighted by molar-refractivity contribution is 7.07. The van der Waals surface area contributed by atoms with Crippen molar-refractivity contribution in [1.82, 2.24) is 0 Å². The van der Waals surface area contributed by atoms with Crippen LogP contribution < -0.4 is 0 Å². The van der Waals surface area contributed by atoms with Crippen molar-refractivity contribution in [2.45, 2.75) is 0 Å². The molecule has 1 aromatic heterocycles. The summed E-state index contributed by atoms with van der Waals surface area (Å²) >= 11 is 1.57. The second-order valence-corrected chi connectivity index (χ2v) is 1.91. The van der Waals surface area contributed by atoms with Crippen LogP contribution in [0.3, 0.4) is 0 Å². The molecular formula is C6H5S. The van der Waals surface area contributed by atoms with E-state index in [0.717, 1.165) is 5.56 Å². The van der Waals surface area contributed by atoms with Crippen LogP contribution in [0.2, 0.25) is 0 Å². The molecule has 1 heteroatoms. The summed E-state index contributed by atoms with van der Waals surface area (Å²) in [6, 6.07) is 1.91. The molecule has 1 aromatic rings. The zero-order valence-electron chi connectivity index (χ0n) is 3.85. The molecule has 0 aliphatic carbocycles. The highest BCUT2D eigenvalue weighted by Gasteiger charge is 1.79. The first-order valence-electron chi connectivity index (χ1n) is 2.00. The van der Waals surface area contributed by atoms with Crippen molar-refractivity contribution < 1.29 is 0 Å². The maximum atomic E-state index is 3.59. The van der Waals surface area contributed by atoms with Crippen molar-refractivity contribution in [3.05, 3.63) is 29.0 Å². The average Bonchev–Trinajstić information content (AvgIpc) is 2.14. The number of hydrogen-bond acceptors (Lipinski definition) is 1. The Bertz CT molecular complexity index is 139. The van der Waals surface area contributed by atoms with Crippen LogP contribution in [0, 0.1) is 5.38 Å². The van der Waals surface area contributed by atoms with Gasteiger partial charge in [0.25, 0.3) is 0 Å². The number of hydrogen-bond donors (Lipinski definition) is 0. The normalized spacial score (nSPS) is 8.57. The lowest BCUT2D eigenvalue weighted by Crippen LogP contribution is -1.50. The van der Waals surface area contributed by atoms with E-state index in [1.165, 1.54) is 0 Å². The molecule has 0 atom stereocenters. The third kappa shape index (κ3) is 0.904. The van der Waals surface area contributed by atoms with E-state index in [0.29, 0.717) is 0 Å². The molecule has 0 aliphatic heterocycles. The van der Waals surface area contributed by atoms with Gasteiger partial charge in [-0.25, -0.2) is 0 Å². The largest absolute Gasteiger partial charge is 0.142 e. The fourth-order valence-corrected chi connectivity index (χ4v) is 0.918. The van der Waals surface area contributed by atoms with Crippen LogP contribution in [-0.2, 0) is 0 Å². The minimum Gasteiger partial charge on any atom is -0.142 e. The Labute approximate surface area is 47.1 Å². The molecular weight excluding hydrogens is 104 g/mol. The van der Waals surface area contributed by atoms with Gasteiger partial charge in [0.1, 0.15) is 0 Å². The molecule has 0 amide bonds. The highest BCUT2D eigenvalue weighted by Crippen LogP contribution is 2.04. The summed E-state index contributed by atoms with van der Waals surface area (Å²) in [6.07, 6.45) is 1.81. The smallest absolute Gasteiger partial charge is 0.0448 e. The monoisotopic (exact) mass is 109 g/mol. The summed E-state index contributed by atoms with van der Waals surface area (Å²) in [5.74, 6) is 0. The lowest BCUT2D eigenvalue weighted by Gasteiger charge is -1.70. The molecule has 0 aromatic carbocycles. The third-order valence-electron chi connectivity index (χ3n) is 0.724. The summed E-state index contributed by atoms with van der Waals surface area (Å²) in [5, 5.41) is 4.96. The van der Waals surface area contributed by atoms with Gasteiger partial charge in [-0.15, -0.1) is 11.3 Å². The van der Waals surface area contributed by atoms with Gasteiger partial charge in [-0.1, -0.05) is 12.7 Å². The van der Waals surface area contributed by atoms with E-state index in [4.69, 9.17) is 0 Å². The fraction of sp³-hybridized carbons (Fsp3) is 0. The molecule has 0 saturated carbocycles. The van der Waals surface area contributed by atoms with Gasteiger partial charge in [0.05, 0.1) is 0 Å². The molecule has 0 saturated heterocycles. The topological polar surface area (TPSA) is 0 Å². The number of rotatable bonds is 1. The van der Waals surface area contributed by atoms with Crippen molar-refractivity contribution in [3.8, 4) is 0 Å². The van der Waals surface area contributed by atoms with Gasteiger partial charge in [-0.05, 0) is 17.0 Å². The molecule has 1 rings (SSSR count). The first kappa shape index (κ1) is 4.60. The minimum absolute atomic E-state index is 1.16. The summed E-state index contributed by atoms with van der Waals surface area (Å²) in [4.78, 5) is 0. The molecule has 0 N–H and O–H groups in total. The van der Waals surface area contributed by atoms with Crippen molar-refractivity contribution in [2.24, 2.45) is 0 Å². The van der Waals surface area contributed by atoms with E-state index in [2.05, 4.69) is 12.0 Å². The second-order valence-electron chi connectivity index (χ2n) is 1.20. The molecule has 1 heterocycles. The summed E-state index contributed by atoms with van der Waals surface area (Å²) in [5.41, 5.74) is 1.16. The van der Waals surface area contributed by atoms with Crippen LogP contribution in [0.25, 0.3) is 6.08 Å². The fourth-order valence-electron chi connectivity index (χ4n) is 0.345. The van der Waals surface area contributed by atoms with Gasteiger partial charge in [-0.3, -0.25) is 0 Å². The van der Waals surface area contributed by atoms with Gasteiger partial charge >= 0.3 is 0 Å². The Morgan fingerprint density at radius 1 is 1.86 bits per heavy atom. The Balaban J connectivity index is 2.96. The first-order valence-corrected chi connectivity index (χ1v) is 2.88. The SMILES string of the molecule is C=Cc1c[c]sc1. The van der Waals surface area contributed by atoms with E-state index < -0.39 is 0 Å². The second kappa shape index (κ2) is 1.94. The molecule has 0 spiro atoms. The third-order valence-corrected chi connectivity index (χ3v) is 1.37. The standard InChI is InChI=1S/C6H5S/c1-2-6-3-4-7-5-6/h2-3,5H,1H2. The zero-order valence-corrected chi connectivity index (χ0v) is 4.66. The Kier molecular flexibility index (Phi) is 1.27. The Morgan fingerprint density at radius 2 is 2.71 bits per heavy atom. The lowest BCUT2D eigenvalue weighted by atomic mass is 10.3. The van der Waals surface area contributed by atoms with Crippen molar-refractivity contribution in [2.75, 3.05) is 0 Å². The van der Waals surface area contributed by atoms with Crippen LogP contribution in [0.1, 0.15) is 5.56 Å². The predicted molar refractivity (Wildman–Crippen MR) is 33.2 cm³/mol. The quantitative estimate of drug-likeness (QED) is 0.518. The van der Waals surface area contributed by atoms with Crippen LogP contribution in [0.15, 0.2) is 18.0 Å². The van der Waals surface area contributed by atoms with Gasteiger partial charge in [0, 0.05) is 5.38 Å². The Morgan fingerprint density at radius 3 is 3.00 bits per heavy atom. The van der Waals surface area contributed by atoms with Gasteiger partial charge in [0.2, 0.25) is 0 Å². The van der Waals surface area contributed by atoms with Crippen molar-refractivity contribution in [3.63, 3.8) is 0 Å². The van der Waals surface area contributed by atoms with E-state index >= 15 is 0 Å². The molecule has 0 unspecified atom stereocenters. The predicted octanol–water partition coefficient (Wildman–Crippen LogP) is 2.19. The molecule has 0 bridgehead atoms. The van der Waals surface area contributed by atoms with Crippen LogP contribution in [0.4, 0.5) is 0 Å². The summed E-state index contributed by atoms with van der Waals surface area (Å²) in [6.45, 7) is 3.59. The molecule has 35 valence electrons. The highest BCUT2D eigenvalue weighted by atomic mass is 32.1. The maximum Gasteiger partial charge on any atom is 0.0448 e. The van der Waals surface area contributed by atoms with Crippen molar-refractivity contribution in [1.29, 1.82) is 0 Å². The average molecular weight is 109 g/mol. The van der Waals surface area contributed by atoms with Gasteiger partial charge < -0.3 is 0 Å². The van der Waals surface area contributed by atoms with Gasteiger partial charge in [-0.2, -0.15) is 0 Å². The zero-order chi connectivity index (χ0) is 5.11. The lowest BCUT2D eigenvalue weighted by molar-refractivity contribution is 1.89. The summed E-state index contributed by atoms with van der Waals surface area (Å²) < 4.78 is 0. The van der Waals surface area contributed by atoms with E-state index in [9.17, 15) is 0 Å². The molecule has 0 aliphatic rings. The molecule has 7 heavy (non-hydrogen) atoms.